The van der Waals surface area contributed by atoms with Gasteiger partial charge in [-0.1, -0.05) is 18.6 Å². The fraction of sp³-hybridized carbons (Fsp3) is 0.733. The number of nitrogens with zero attached hydrogens (tertiary/aromatic N) is 1. The average Bonchev–Trinajstić information content (AvgIpc) is 3.14. The number of aliphatic hydroxyl groups excluding tert-OH is 1. The number of aliphatic hydroxyl groups is 1. The number of rotatable bonds is 2. The van der Waals surface area contributed by atoms with Crippen LogP contribution < -0.4 is 0 Å². The Balaban J connectivity index is 1.65. The minimum Gasteiger partial charge on any atom is -0.396 e. The Kier molecular flexibility index (Phi) is 2.40. The van der Waals surface area contributed by atoms with Crippen molar-refractivity contribution in [3.8, 4) is 0 Å². The maximum absolute atomic E-state index is 12.6. The summed E-state index contributed by atoms with van der Waals surface area (Å²) in [4.78, 5) is 26.8. The first-order valence-corrected chi connectivity index (χ1v) is 7.38. The van der Waals surface area contributed by atoms with Crippen molar-refractivity contribution in [1.82, 2.24) is 4.90 Å². The first kappa shape index (κ1) is 11.6. The van der Waals surface area contributed by atoms with Gasteiger partial charge in [0.2, 0.25) is 11.8 Å². The lowest BCUT2D eigenvalue weighted by Crippen LogP contribution is -2.44. The number of carbonyl (C=O) groups excluding carboxylic acids is 2. The summed E-state index contributed by atoms with van der Waals surface area (Å²) < 4.78 is 0. The zero-order valence-corrected chi connectivity index (χ0v) is 10.9. The maximum atomic E-state index is 12.6. The van der Waals surface area contributed by atoms with Crippen molar-refractivity contribution < 1.29 is 14.7 Å². The van der Waals surface area contributed by atoms with E-state index in [2.05, 4.69) is 12.2 Å². The highest BCUT2D eigenvalue weighted by Gasteiger charge is 2.61. The van der Waals surface area contributed by atoms with Gasteiger partial charge in [0.05, 0.1) is 11.8 Å². The SMILES string of the molecule is O=C1C2C3C=CC(C3)C2C(=O)N1C1CCCC1CO. The zero-order valence-electron chi connectivity index (χ0n) is 10.9. The quantitative estimate of drug-likeness (QED) is 0.595. The van der Waals surface area contributed by atoms with Gasteiger partial charge in [0.25, 0.3) is 0 Å². The van der Waals surface area contributed by atoms with E-state index < -0.39 is 0 Å². The van der Waals surface area contributed by atoms with E-state index in [4.69, 9.17) is 0 Å². The molecule has 0 aromatic heterocycles. The van der Waals surface area contributed by atoms with E-state index in [9.17, 15) is 14.7 Å². The molecule has 102 valence electrons. The van der Waals surface area contributed by atoms with Gasteiger partial charge in [-0.2, -0.15) is 0 Å². The molecule has 2 saturated carbocycles. The fourth-order valence-electron chi connectivity index (χ4n) is 4.82. The first-order valence-electron chi connectivity index (χ1n) is 7.38. The molecule has 0 aromatic carbocycles. The highest BCUT2D eigenvalue weighted by Crippen LogP contribution is 2.53. The van der Waals surface area contributed by atoms with Crippen LogP contribution in [-0.4, -0.2) is 34.5 Å². The average molecular weight is 261 g/mol. The zero-order chi connectivity index (χ0) is 13.1. The fourth-order valence-corrected chi connectivity index (χ4v) is 4.82. The van der Waals surface area contributed by atoms with Gasteiger partial charge in [-0.25, -0.2) is 0 Å². The lowest BCUT2D eigenvalue weighted by molar-refractivity contribution is -0.144. The highest BCUT2D eigenvalue weighted by atomic mass is 16.3. The van der Waals surface area contributed by atoms with Crippen molar-refractivity contribution >= 4 is 11.8 Å². The van der Waals surface area contributed by atoms with E-state index in [1.807, 2.05) is 0 Å². The van der Waals surface area contributed by atoms with Crippen LogP contribution in [0.5, 0.6) is 0 Å². The smallest absolute Gasteiger partial charge is 0.233 e. The minimum atomic E-state index is -0.0950. The molecule has 3 fully saturated rings. The summed E-state index contributed by atoms with van der Waals surface area (Å²) >= 11 is 0. The predicted octanol–water partition coefficient (Wildman–Crippen LogP) is 0.954. The number of allylic oxidation sites excluding steroid dienone is 2. The summed E-state index contributed by atoms with van der Waals surface area (Å²) in [5, 5.41) is 9.43. The number of likely N-dealkylation sites (tertiary alicyclic amines) is 1. The van der Waals surface area contributed by atoms with Crippen molar-refractivity contribution in [2.24, 2.45) is 29.6 Å². The molecule has 6 atom stereocenters. The summed E-state index contributed by atoms with van der Waals surface area (Å²) in [6, 6.07) is -0.0463. The predicted molar refractivity (Wildman–Crippen MR) is 67.8 cm³/mol. The molecule has 2 bridgehead atoms. The Labute approximate surface area is 112 Å². The van der Waals surface area contributed by atoms with Crippen molar-refractivity contribution in [2.45, 2.75) is 31.7 Å². The topological polar surface area (TPSA) is 57.6 Å². The Hall–Kier alpha value is -1.16. The van der Waals surface area contributed by atoms with Gasteiger partial charge in [-0.15, -0.1) is 0 Å². The molecular formula is C15H19NO3. The van der Waals surface area contributed by atoms with Crippen LogP contribution in [-0.2, 0) is 9.59 Å². The third kappa shape index (κ3) is 1.38. The second-order valence-electron chi connectivity index (χ2n) is 6.49. The van der Waals surface area contributed by atoms with E-state index in [0.29, 0.717) is 0 Å². The van der Waals surface area contributed by atoms with Crippen LogP contribution in [0, 0.1) is 29.6 Å². The molecule has 1 saturated heterocycles. The molecule has 1 heterocycles. The molecule has 4 heteroatoms. The van der Waals surface area contributed by atoms with Crippen LogP contribution in [0.1, 0.15) is 25.7 Å². The molecule has 3 aliphatic carbocycles. The number of amides is 2. The van der Waals surface area contributed by atoms with Crippen LogP contribution in [0.4, 0.5) is 0 Å². The van der Waals surface area contributed by atoms with Gasteiger partial charge in [0, 0.05) is 18.6 Å². The van der Waals surface area contributed by atoms with Crippen LogP contribution in [0.2, 0.25) is 0 Å². The monoisotopic (exact) mass is 261 g/mol. The number of fused-ring (bicyclic) bond motifs is 5. The minimum absolute atomic E-state index is 0.0391. The Bertz CT molecular complexity index is 442. The largest absolute Gasteiger partial charge is 0.396 e. The summed E-state index contributed by atoms with van der Waals surface area (Å²) in [6.45, 7) is 0.0855. The summed E-state index contributed by atoms with van der Waals surface area (Å²) in [5.74, 6) is 0.549. The number of imide groups is 1. The van der Waals surface area contributed by atoms with Crippen molar-refractivity contribution in [1.29, 1.82) is 0 Å². The molecule has 1 N–H and O–H groups in total. The molecular weight excluding hydrogens is 242 g/mol. The van der Waals surface area contributed by atoms with Crippen molar-refractivity contribution in [3.05, 3.63) is 12.2 Å². The molecule has 2 amide bonds. The molecule has 4 nitrogen and oxygen atoms in total. The van der Waals surface area contributed by atoms with Crippen LogP contribution in [0.3, 0.4) is 0 Å². The molecule has 0 aromatic rings. The van der Waals surface area contributed by atoms with Gasteiger partial charge < -0.3 is 5.11 Å². The second kappa shape index (κ2) is 3.92. The number of carbonyl (C=O) groups is 2. The Morgan fingerprint density at radius 3 is 2.32 bits per heavy atom. The van der Waals surface area contributed by atoms with Crippen molar-refractivity contribution in [3.63, 3.8) is 0 Å². The summed E-state index contributed by atoms with van der Waals surface area (Å²) in [5.41, 5.74) is 0. The second-order valence-corrected chi connectivity index (χ2v) is 6.49. The Morgan fingerprint density at radius 1 is 1.11 bits per heavy atom. The third-order valence-corrected chi connectivity index (χ3v) is 5.69. The molecule has 19 heavy (non-hydrogen) atoms. The molecule has 1 aliphatic heterocycles. The van der Waals surface area contributed by atoms with E-state index in [0.717, 1.165) is 25.7 Å². The molecule has 6 unspecified atom stereocenters. The number of hydrogen-bond donors (Lipinski definition) is 1. The molecule has 0 spiro atoms. The van der Waals surface area contributed by atoms with Crippen LogP contribution in [0.25, 0.3) is 0 Å². The molecule has 4 rings (SSSR count). The van der Waals surface area contributed by atoms with E-state index in [-0.39, 0.29) is 54.1 Å². The molecule has 0 radical (unpaired) electrons. The highest BCUT2D eigenvalue weighted by molar-refractivity contribution is 6.06. The lowest BCUT2D eigenvalue weighted by Gasteiger charge is -2.28. The first-order chi connectivity index (χ1) is 9.22. The van der Waals surface area contributed by atoms with Gasteiger partial charge in [-0.3, -0.25) is 14.5 Å². The van der Waals surface area contributed by atoms with E-state index in [1.165, 1.54) is 4.90 Å². The van der Waals surface area contributed by atoms with Crippen LogP contribution in [0.15, 0.2) is 12.2 Å². The van der Waals surface area contributed by atoms with E-state index in [1.54, 1.807) is 0 Å². The van der Waals surface area contributed by atoms with Crippen LogP contribution >= 0.6 is 0 Å². The molecule has 4 aliphatic rings. The Morgan fingerprint density at radius 2 is 1.74 bits per heavy atom. The summed E-state index contributed by atoms with van der Waals surface area (Å²) in [6.07, 6.45) is 8.03. The van der Waals surface area contributed by atoms with Gasteiger partial charge >= 0.3 is 0 Å². The van der Waals surface area contributed by atoms with Crippen molar-refractivity contribution in [2.75, 3.05) is 6.61 Å². The normalized spacial score (nSPS) is 47.5. The van der Waals surface area contributed by atoms with Gasteiger partial charge in [-0.05, 0) is 31.1 Å². The number of hydrogen-bond acceptors (Lipinski definition) is 3. The summed E-state index contributed by atoms with van der Waals surface area (Å²) in [7, 11) is 0. The van der Waals surface area contributed by atoms with Gasteiger partial charge in [0.15, 0.2) is 0 Å². The third-order valence-electron chi connectivity index (χ3n) is 5.69. The van der Waals surface area contributed by atoms with Gasteiger partial charge in [0.1, 0.15) is 0 Å². The maximum Gasteiger partial charge on any atom is 0.233 e. The van der Waals surface area contributed by atoms with E-state index >= 15 is 0 Å². The lowest BCUT2D eigenvalue weighted by atomic mass is 9.85. The standard InChI is InChI=1S/C15H19NO3/c17-7-10-2-1-3-11(10)16-14(18)12-8-4-5-9(6-8)13(12)15(16)19/h4-5,8-13,17H,1-3,6-7H2.